The van der Waals surface area contributed by atoms with E-state index in [-0.39, 0.29) is 36.1 Å². The first-order chi connectivity index (χ1) is 13.2. The second-order valence-corrected chi connectivity index (χ2v) is 8.17. The molecular weight excluding hydrogens is 438 g/mol. The van der Waals surface area contributed by atoms with Crippen molar-refractivity contribution in [3.63, 3.8) is 0 Å². The quantitative estimate of drug-likeness (QED) is 0.253. The monoisotopic (exact) mass is 450 g/mol. The van der Waals surface area contributed by atoms with Gasteiger partial charge in [0, 0.05) is 9.75 Å². The summed E-state index contributed by atoms with van der Waals surface area (Å²) in [7, 11) is -4.03. The summed E-state index contributed by atoms with van der Waals surface area (Å²) in [5.41, 5.74) is 1.14. The predicted molar refractivity (Wildman–Crippen MR) is 91.9 cm³/mol. The van der Waals surface area contributed by atoms with Gasteiger partial charge in [-0.3, -0.25) is 0 Å². The second-order valence-electron chi connectivity index (χ2n) is 6.12. The molecule has 2 atom stereocenters. The average Bonchev–Trinajstić information content (AvgIpc) is 3.18. The zero-order chi connectivity index (χ0) is 20.2. The van der Waals surface area contributed by atoms with Crippen molar-refractivity contribution in [3.05, 3.63) is 46.6 Å². The minimum Gasteiger partial charge on any atom is -0.724 e. The largest absolute Gasteiger partial charge is 1.00 e. The number of hydroxylamine groups is 2. The normalized spacial score (nSPS) is 20.3. The number of thiophene rings is 1. The summed E-state index contributed by atoms with van der Waals surface area (Å²) < 4.78 is 55.5. The summed E-state index contributed by atoms with van der Waals surface area (Å²) in [6, 6.07) is 4.42. The molecule has 9 nitrogen and oxygen atoms in total. The van der Waals surface area contributed by atoms with Crippen molar-refractivity contribution in [3.8, 4) is 10.4 Å². The molecule has 1 aromatic heterocycles. The molecule has 0 saturated carbocycles. The van der Waals surface area contributed by atoms with Crippen molar-refractivity contribution in [1.82, 2.24) is 9.96 Å². The van der Waals surface area contributed by atoms with E-state index >= 15 is 0 Å². The fourth-order valence-corrected chi connectivity index (χ4v) is 5.05. The average molecular weight is 450 g/mol. The van der Waals surface area contributed by atoms with Gasteiger partial charge in [0.1, 0.15) is 11.9 Å². The Morgan fingerprint density at radius 3 is 2.55 bits per heavy atom. The molecule has 4 rings (SSSR count). The summed E-state index contributed by atoms with van der Waals surface area (Å²) in [5.74, 6) is -1.12. The van der Waals surface area contributed by atoms with Crippen molar-refractivity contribution in [2.45, 2.75) is 12.1 Å². The van der Waals surface area contributed by atoms with Gasteiger partial charge in [0.15, 0.2) is 6.04 Å². The Labute approximate surface area is 191 Å². The van der Waals surface area contributed by atoms with E-state index in [1.165, 1.54) is 30.6 Å². The number of hydrogen-bond donors (Lipinski definition) is 0. The van der Waals surface area contributed by atoms with Crippen LogP contribution in [-0.4, -0.2) is 48.6 Å². The maximum atomic E-state index is 13.2. The Morgan fingerprint density at radius 2 is 1.97 bits per heavy atom. The number of benzene rings is 1. The van der Waals surface area contributed by atoms with Gasteiger partial charge >= 0.3 is 41.6 Å². The SMILES string of the molecule is COC(=O)C1c2sc(-c3ccc(F)cc3)cc2C2CN1C(=O)N2OS(=O)(=O)[O-].[Na+]. The van der Waals surface area contributed by atoms with Crippen molar-refractivity contribution in [2.75, 3.05) is 13.7 Å². The van der Waals surface area contributed by atoms with Gasteiger partial charge in [0.05, 0.1) is 13.7 Å². The van der Waals surface area contributed by atoms with Crippen LogP contribution in [0.1, 0.15) is 22.5 Å². The molecule has 1 aromatic carbocycles. The number of ether oxygens (including phenoxy) is 1. The molecule has 2 amide bonds. The molecule has 1 fully saturated rings. The van der Waals surface area contributed by atoms with Crippen molar-refractivity contribution in [2.24, 2.45) is 0 Å². The van der Waals surface area contributed by atoms with Crippen LogP contribution in [0.3, 0.4) is 0 Å². The Bertz CT molecular complexity index is 1070. The third-order valence-electron chi connectivity index (χ3n) is 4.52. The molecule has 0 aliphatic carbocycles. The number of esters is 1. The number of urea groups is 1. The number of hydrogen-bond acceptors (Lipinski definition) is 8. The number of halogens is 1. The van der Waals surface area contributed by atoms with Gasteiger partial charge in [0.2, 0.25) is 10.4 Å². The first-order valence-electron chi connectivity index (χ1n) is 7.92. The first kappa shape index (κ1) is 22.2. The molecule has 148 valence electrons. The van der Waals surface area contributed by atoms with Gasteiger partial charge in [-0.15, -0.1) is 11.3 Å². The molecule has 2 bridgehead atoms. The minimum absolute atomic E-state index is 0. The van der Waals surface area contributed by atoms with Crippen molar-refractivity contribution >= 4 is 33.7 Å². The topological polar surface area (TPSA) is 116 Å². The van der Waals surface area contributed by atoms with Gasteiger partial charge < -0.3 is 14.2 Å². The number of carbonyl (C=O) groups is 2. The van der Waals surface area contributed by atoms with Crippen LogP contribution in [0.2, 0.25) is 0 Å². The Hall–Kier alpha value is -1.54. The van der Waals surface area contributed by atoms with Gasteiger partial charge in [0.25, 0.3) is 0 Å². The molecular formula is C16H12FN2NaO7S2. The van der Waals surface area contributed by atoms with Gasteiger partial charge in [-0.25, -0.2) is 22.4 Å². The van der Waals surface area contributed by atoms with E-state index in [0.29, 0.717) is 25.9 Å². The molecule has 29 heavy (non-hydrogen) atoms. The fraction of sp³-hybridized carbons (Fsp3) is 0.250. The maximum absolute atomic E-state index is 13.2. The summed E-state index contributed by atoms with van der Waals surface area (Å²) >= 11 is 1.19. The van der Waals surface area contributed by atoms with Gasteiger partial charge in [-0.05, 0) is 29.3 Å². The van der Waals surface area contributed by atoms with Crippen LogP contribution in [0.25, 0.3) is 10.4 Å². The van der Waals surface area contributed by atoms with Crippen molar-refractivity contribution in [1.29, 1.82) is 0 Å². The molecule has 2 aliphatic rings. The summed E-state index contributed by atoms with van der Waals surface area (Å²) in [4.78, 5) is 27.1. The van der Waals surface area contributed by atoms with Crippen LogP contribution in [0, 0.1) is 5.82 Å². The standard InChI is InChI=1S/C16H13FN2O7S2.Na/c1-25-15(20)13-14-10(6-12(27-14)8-2-4-9(17)5-3-8)11-7-18(13)16(21)19(11)26-28(22,23)24;/h2-6,11,13H,7H2,1H3,(H,22,23,24);/q;+1/p-1. The van der Waals surface area contributed by atoms with E-state index in [1.54, 1.807) is 18.2 Å². The molecule has 13 heteroatoms. The molecule has 0 radical (unpaired) electrons. The van der Waals surface area contributed by atoms with Crippen LogP contribution < -0.4 is 29.6 Å². The second kappa shape index (κ2) is 7.95. The zero-order valence-corrected chi connectivity index (χ0v) is 18.8. The Morgan fingerprint density at radius 1 is 1.31 bits per heavy atom. The molecule has 3 heterocycles. The summed E-state index contributed by atoms with van der Waals surface area (Å²) in [6.07, 6.45) is 0. The number of nitrogens with zero attached hydrogens (tertiary/aromatic N) is 2. The number of amides is 2. The first-order valence-corrected chi connectivity index (χ1v) is 10.1. The fourth-order valence-electron chi connectivity index (χ4n) is 3.36. The Balaban J connectivity index is 0.00000240. The van der Waals surface area contributed by atoms with Crippen molar-refractivity contribution < 1.29 is 65.5 Å². The molecule has 2 unspecified atom stereocenters. The van der Waals surface area contributed by atoms with Gasteiger partial charge in [-0.2, -0.15) is 9.35 Å². The van der Waals surface area contributed by atoms with E-state index in [0.717, 1.165) is 4.90 Å². The van der Waals surface area contributed by atoms with Crippen LogP contribution in [0.4, 0.5) is 9.18 Å². The predicted octanol–water partition coefficient (Wildman–Crippen LogP) is -1.04. The van der Waals surface area contributed by atoms with E-state index in [4.69, 9.17) is 4.74 Å². The number of rotatable bonds is 4. The van der Waals surface area contributed by atoms with E-state index < -0.39 is 40.3 Å². The molecule has 0 spiro atoms. The summed E-state index contributed by atoms with van der Waals surface area (Å²) in [6.45, 7) is -0.0549. The van der Waals surface area contributed by atoms with E-state index in [2.05, 4.69) is 4.28 Å². The van der Waals surface area contributed by atoms with Crippen LogP contribution in [0.15, 0.2) is 30.3 Å². The number of methoxy groups -OCH3 is 1. The molecule has 0 N–H and O–H groups in total. The minimum atomic E-state index is -5.20. The summed E-state index contributed by atoms with van der Waals surface area (Å²) in [5, 5.41) is 0.464. The third kappa shape index (κ3) is 3.93. The van der Waals surface area contributed by atoms with E-state index in [1.807, 2.05) is 0 Å². The molecule has 2 aliphatic heterocycles. The van der Waals surface area contributed by atoms with Crippen LogP contribution >= 0.6 is 11.3 Å². The van der Waals surface area contributed by atoms with Crippen LogP contribution in [-0.2, 0) is 24.2 Å². The van der Waals surface area contributed by atoms with Crippen LogP contribution in [0.5, 0.6) is 0 Å². The maximum Gasteiger partial charge on any atom is 1.00 e. The molecule has 2 aromatic rings. The smallest absolute Gasteiger partial charge is 0.724 e. The van der Waals surface area contributed by atoms with Gasteiger partial charge in [-0.1, -0.05) is 12.1 Å². The zero-order valence-electron chi connectivity index (χ0n) is 15.2. The number of carbonyl (C=O) groups excluding carboxylic acids is 2. The molecule has 1 saturated heterocycles. The third-order valence-corrected chi connectivity index (χ3v) is 6.12. The number of fused-ring (bicyclic) bond motifs is 4. The Kier molecular flexibility index (Phi) is 6.07. The van der Waals surface area contributed by atoms with E-state index in [9.17, 15) is 27.0 Å².